The number of ether oxygens (including phenoxy) is 1. The van der Waals surface area contributed by atoms with E-state index >= 15 is 0 Å². The number of hydrogen-bond donors (Lipinski definition) is 0. The summed E-state index contributed by atoms with van der Waals surface area (Å²) in [5, 5.41) is 0.589. The maximum Gasteiger partial charge on any atom is 0.161 e. The van der Waals surface area contributed by atoms with Crippen molar-refractivity contribution in [2.24, 2.45) is 10.9 Å². The van der Waals surface area contributed by atoms with Crippen LogP contribution < -0.4 is 4.74 Å². The lowest BCUT2D eigenvalue weighted by molar-refractivity contribution is -0.122. The molecule has 4 nitrogen and oxygen atoms in total. The third kappa shape index (κ3) is 3.36. The molecule has 4 rings (SSSR count). The molecule has 1 heterocycles. The smallest absolute Gasteiger partial charge is 0.161 e. The minimum Gasteiger partial charge on any atom is -0.493 e. The summed E-state index contributed by atoms with van der Waals surface area (Å²) in [4.78, 5) is 30.6. The molecule has 142 valence electrons. The SMILES string of the molecule is CCCOc1ccc(Cl)cc1[C@H]1C2=C(CCCC2=O)N=C2CCCC(=O)C21. The molecule has 1 aromatic carbocycles. The average molecular weight is 386 g/mol. The Morgan fingerprint density at radius 1 is 1.11 bits per heavy atom. The van der Waals surface area contributed by atoms with Gasteiger partial charge in [0.15, 0.2) is 5.78 Å². The molecular formula is C22H24ClNO3. The second-order valence-electron chi connectivity index (χ2n) is 7.55. The van der Waals surface area contributed by atoms with Crippen LogP contribution in [0, 0.1) is 5.92 Å². The fourth-order valence-electron chi connectivity index (χ4n) is 4.54. The van der Waals surface area contributed by atoms with Crippen LogP contribution in [0.3, 0.4) is 0 Å². The highest BCUT2D eigenvalue weighted by molar-refractivity contribution is 6.30. The molecule has 0 aromatic heterocycles. The van der Waals surface area contributed by atoms with Crippen LogP contribution in [0.15, 0.2) is 34.5 Å². The zero-order valence-corrected chi connectivity index (χ0v) is 16.3. The molecule has 0 spiro atoms. The van der Waals surface area contributed by atoms with Crippen molar-refractivity contribution in [2.75, 3.05) is 6.61 Å². The molecule has 1 unspecified atom stereocenters. The van der Waals surface area contributed by atoms with E-state index in [1.807, 2.05) is 12.1 Å². The molecule has 3 aliphatic rings. The second kappa shape index (κ2) is 7.59. The van der Waals surface area contributed by atoms with E-state index in [-0.39, 0.29) is 23.4 Å². The normalized spacial score (nSPS) is 25.0. The zero-order valence-electron chi connectivity index (χ0n) is 15.6. The van der Waals surface area contributed by atoms with Crippen molar-refractivity contribution in [2.45, 2.75) is 57.8 Å². The van der Waals surface area contributed by atoms with Crippen molar-refractivity contribution in [1.82, 2.24) is 0 Å². The first-order valence-corrected chi connectivity index (χ1v) is 10.3. The van der Waals surface area contributed by atoms with E-state index in [9.17, 15) is 9.59 Å². The minimum atomic E-state index is -0.359. The molecule has 0 saturated heterocycles. The number of ketones is 2. The highest BCUT2D eigenvalue weighted by Gasteiger charge is 2.45. The van der Waals surface area contributed by atoms with Gasteiger partial charge in [0.05, 0.1) is 12.5 Å². The van der Waals surface area contributed by atoms with Crippen molar-refractivity contribution in [3.8, 4) is 5.75 Å². The lowest BCUT2D eigenvalue weighted by Crippen LogP contribution is -2.39. The van der Waals surface area contributed by atoms with Gasteiger partial charge in [-0.3, -0.25) is 14.6 Å². The highest BCUT2D eigenvalue weighted by atomic mass is 35.5. The molecule has 2 aliphatic carbocycles. The number of nitrogens with zero attached hydrogens (tertiary/aromatic N) is 1. The Hall–Kier alpha value is -1.94. The fourth-order valence-corrected chi connectivity index (χ4v) is 4.72. The Morgan fingerprint density at radius 3 is 2.74 bits per heavy atom. The first-order chi connectivity index (χ1) is 13.1. The standard InChI is InChI=1S/C22H24ClNO3/c1-2-11-27-19-10-9-13(23)12-14(19)20-21-15(5-3-7-17(21)25)24-16-6-4-8-18(26)22(16)20/h9-10,12,20-21H,2-8,11H2,1H3/t20-,21?/m1/s1. The van der Waals surface area contributed by atoms with E-state index in [1.54, 1.807) is 6.07 Å². The summed E-state index contributed by atoms with van der Waals surface area (Å²) in [5.41, 5.74) is 3.38. The van der Waals surface area contributed by atoms with Crippen LogP contribution in [-0.4, -0.2) is 23.9 Å². The van der Waals surface area contributed by atoms with Crippen LogP contribution in [0.5, 0.6) is 5.75 Å². The van der Waals surface area contributed by atoms with Gasteiger partial charge in [-0.2, -0.15) is 0 Å². The topological polar surface area (TPSA) is 55.7 Å². The summed E-state index contributed by atoms with van der Waals surface area (Å²) < 4.78 is 5.98. The lowest BCUT2D eigenvalue weighted by Gasteiger charge is -2.38. The van der Waals surface area contributed by atoms with Gasteiger partial charge in [0, 0.05) is 46.3 Å². The van der Waals surface area contributed by atoms with Crippen molar-refractivity contribution in [3.63, 3.8) is 0 Å². The van der Waals surface area contributed by atoms with E-state index in [0.717, 1.165) is 54.8 Å². The third-order valence-corrected chi connectivity index (χ3v) is 5.92. The summed E-state index contributed by atoms with van der Waals surface area (Å²) in [5.74, 6) is 0.330. The van der Waals surface area contributed by atoms with Crippen LogP contribution in [0.4, 0.5) is 0 Å². The van der Waals surface area contributed by atoms with Gasteiger partial charge in [0.1, 0.15) is 11.5 Å². The molecule has 1 saturated carbocycles. The highest BCUT2D eigenvalue weighted by Crippen LogP contribution is 2.48. The summed E-state index contributed by atoms with van der Waals surface area (Å²) in [6.07, 6.45) is 5.24. The van der Waals surface area contributed by atoms with Crippen LogP contribution in [-0.2, 0) is 9.59 Å². The number of carbonyl (C=O) groups is 2. The third-order valence-electron chi connectivity index (χ3n) is 5.68. The number of Topliss-reactive ketones (excluding diaryl/α,β-unsaturated/α-hetero) is 2. The minimum absolute atomic E-state index is 0.115. The van der Waals surface area contributed by atoms with E-state index in [2.05, 4.69) is 6.92 Å². The van der Waals surface area contributed by atoms with Crippen LogP contribution in [0.1, 0.15) is 63.4 Å². The number of rotatable bonds is 4. The van der Waals surface area contributed by atoms with Gasteiger partial charge in [0.2, 0.25) is 0 Å². The predicted molar refractivity (Wildman–Crippen MR) is 106 cm³/mol. The van der Waals surface area contributed by atoms with Crippen molar-refractivity contribution < 1.29 is 14.3 Å². The summed E-state index contributed by atoms with van der Waals surface area (Å²) in [6, 6.07) is 5.53. The van der Waals surface area contributed by atoms with Crippen LogP contribution in [0.2, 0.25) is 5.02 Å². The number of carbonyl (C=O) groups excluding carboxylic acids is 2. The number of hydrogen-bond acceptors (Lipinski definition) is 4. The molecule has 5 heteroatoms. The van der Waals surface area contributed by atoms with Crippen molar-refractivity contribution in [1.29, 1.82) is 0 Å². The van der Waals surface area contributed by atoms with Gasteiger partial charge >= 0.3 is 0 Å². The average Bonchev–Trinajstić information content (AvgIpc) is 2.66. The Labute approximate surface area is 164 Å². The number of halogens is 1. The van der Waals surface area contributed by atoms with E-state index < -0.39 is 0 Å². The Morgan fingerprint density at radius 2 is 1.93 bits per heavy atom. The summed E-state index contributed by atoms with van der Waals surface area (Å²) in [7, 11) is 0. The summed E-state index contributed by atoms with van der Waals surface area (Å²) >= 11 is 6.32. The molecule has 1 aromatic rings. The predicted octanol–water partition coefficient (Wildman–Crippen LogP) is 5.04. The van der Waals surface area contributed by atoms with Gasteiger partial charge in [-0.05, 0) is 50.3 Å². The molecule has 0 bridgehead atoms. The second-order valence-corrected chi connectivity index (χ2v) is 7.98. The fraction of sp³-hybridized carbons (Fsp3) is 0.500. The number of fused-ring (bicyclic) bond motifs is 1. The van der Waals surface area contributed by atoms with E-state index in [0.29, 0.717) is 30.0 Å². The first-order valence-electron chi connectivity index (χ1n) is 9.88. The molecule has 0 N–H and O–H groups in total. The molecule has 0 amide bonds. The van der Waals surface area contributed by atoms with Gasteiger partial charge in [0.25, 0.3) is 0 Å². The quantitative estimate of drug-likeness (QED) is 0.729. The van der Waals surface area contributed by atoms with E-state index in [4.69, 9.17) is 21.3 Å². The number of benzene rings is 1. The number of allylic oxidation sites excluding steroid dienone is 2. The number of aliphatic imine (C=N–C) groups is 1. The maximum atomic E-state index is 12.9. The Kier molecular flexibility index (Phi) is 5.18. The van der Waals surface area contributed by atoms with Crippen LogP contribution in [0.25, 0.3) is 0 Å². The molecule has 2 atom stereocenters. The van der Waals surface area contributed by atoms with Gasteiger partial charge in [-0.15, -0.1) is 0 Å². The van der Waals surface area contributed by atoms with Gasteiger partial charge in [-0.25, -0.2) is 0 Å². The lowest BCUT2D eigenvalue weighted by atomic mass is 9.67. The molecular weight excluding hydrogens is 362 g/mol. The zero-order chi connectivity index (χ0) is 19.0. The van der Waals surface area contributed by atoms with Crippen molar-refractivity contribution >= 4 is 28.9 Å². The first kappa shape index (κ1) is 18.4. The monoisotopic (exact) mass is 385 g/mol. The summed E-state index contributed by atoms with van der Waals surface area (Å²) in [6.45, 7) is 2.64. The maximum absolute atomic E-state index is 12.9. The molecule has 1 fully saturated rings. The molecule has 1 aliphatic heterocycles. The Balaban J connectivity index is 1.89. The van der Waals surface area contributed by atoms with Crippen LogP contribution >= 0.6 is 11.6 Å². The molecule has 27 heavy (non-hydrogen) atoms. The molecule has 0 radical (unpaired) electrons. The van der Waals surface area contributed by atoms with Crippen molar-refractivity contribution in [3.05, 3.63) is 40.1 Å². The van der Waals surface area contributed by atoms with E-state index in [1.165, 1.54) is 0 Å². The van der Waals surface area contributed by atoms with Gasteiger partial charge < -0.3 is 4.74 Å². The largest absolute Gasteiger partial charge is 0.493 e. The van der Waals surface area contributed by atoms with Gasteiger partial charge in [-0.1, -0.05) is 18.5 Å². The Bertz CT molecular complexity index is 855.